The summed E-state index contributed by atoms with van der Waals surface area (Å²) in [5.74, 6) is 6.12. The number of nitrogens with one attached hydrogen (secondary N) is 2. The minimum absolute atomic E-state index is 0.0376. The van der Waals surface area contributed by atoms with Gasteiger partial charge in [0.05, 0.1) is 12.2 Å². The van der Waals surface area contributed by atoms with Gasteiger partial charge in [0.15, 0.2) is 0 Å². The number of hydrogen-bond donors (Lipinski definition) is 2. The lowest BCUT2D eigenvalue weighted by atomic mass is 10.0. The van der Waals surface area contributed by atoms with E-state index in [1.54, 1.807) is 0 Å². The van der Waals surface area contributed by atoms with Crippen LogP contribution in [0.25, 0.3) is 0 Å². The van der Waals surface area contributed by atoms with Gasteiger partial charge in [-0.2, -0.15) is 0 Å². The van der Waals surface area contributed by atoms with Crippen LogP contribution in [0.15, 0.2) is 0 Å². The molecule has 3 rings (SSSR count). The number of carbonyl (C=O) groups excluding carboxylic acids is 5. The van der Waals surface area contributed by atoms with Crippen LogP contribution < -0.4 is 10.6 Å². The number of alkyl carbamates (subject to hydrolysis) is 1. The lowest BCUT2D eigenvalue weighted by Gasteiger charge is -2.30. The summed E-state index contributed by atoms with van der Waals surface area (Å²) >= 11 is 0. The molecule has 4 amide bonds. The number of ether oxygens (including phenoxy) is 2. The van der Waals surface area contributed by atoms with Crippen LogP contribution >= 0.6 is 0 Å². The molecule has 0 spiro atoms. The van der Waals surface area contributed by atoms with Crippen LogP contribution in [-0.4, -0.2) is 65.7 Å². The third-order valence-electron chi connectivity index (χ3n) is 7.94. The molecule has 0 radical (unpaired) electrons. The average molecular weight is 576 g/mol. The maximum atomic E-state index is 12.4. The Morgan fingerprint density at radius 2 is 1.59 bits per heavy atom. The molecule has 41 heavy (non-hydrogen) atoms. The van der Waals surface area contributed by atoms with Crippen molar-refractivity contribution in [3.05, 3.63) is 0 Å². The molecule has 0 bridgehead atoms. The van der Waals surface area contributed by atoms with Crippen molar-refractivity contribution in [3.8, 4) is 11.8 Å². The fourth-order valence-electron chi connectivity index (χ4n) is 5.27. The molecule has 1 heterocycles. The van der Waals surface area contributed by atoms with E-state index < -0.39 is 35.0 Å². The van der Waals surface area contributed by atoms with Crippen molar-refractivity contribution < 1.29 is 38.3 Å². The zero-order valence-electron chi connectivity index (χ0n) is 24.8. The minimum atomic E-state index is -0.719. The van der Waals surface area contributed by atoms with Crippen molar-refractivity contribution in [2.75, 3.05) is 19.8 Å². The predicted molar refractivity (Wildman–Crippen MR) is 149 cm³/mol. The molecular weight excluding hydrogens is 530 g/mol. The molecule has 0 aromatic heterocycles. The number of hydrogen-bond acceptors (Lipinski definition) is 8. The predicted octanol–water partition coefficient (Wildman–Crippen LogP) is 3.40. The van der Waals surface area contributed by atoms with E-state index in [0.717, 1.165) is 25.7 Å². The first-order valence-corrected chi connectivity index (χ1v) is 14.7. The Labute approximate surface area is 242 Å². The summed E-state index contributed by atoms with van der Waals surface area (Å²) < 4.78 is 11.6. The number of nitrogens with zero attached hydrogens (tertiary/aromatic N) is 1. The van der Waals surface area contributed by atoms with E-state index in [9.17, 15) is 24.0 Å². The first-order chi connectivity index (χ1) is 19.4. The second-order valence-electron chi connectivity index (χ2n) is 12.4. The zero-order chi connectivity index (χ0) is 30.0. The Morgan fingerprint density at radius 3 is 2.22 bits per heavy atom. The molecule has 0 aromatic carbocycles. The van der Waals surface area contributed by atoms with Crippen LogP contribution in [0.4, 0.5) is 4.79 Å². The molecule has 2 aliphatic carbocycles. The number of rotatable bonds is 15. The Bertz CT molecular complexity index is 1010. The smallest absolute Gasteiger partial charge is 0.407 e. The average Bonchev–Trinajstić information content (AvgIpc) is 3.41. The van der Waals surface area contributed by atoms with Crippen molar-refractivity contribution in [2.45, 2.75) is 109 Å². The van der Waals surface area contributed by atoms with E-state index in [1.165, 1.54) is 0 Å². The van der Waals surface area contributed by atoms with Crippen molar-refractivity contribution in [3.63, 3.8) is 0 Å². The van der Waals surface area contributed by atoms with Crippen LogP contribution in [0.5, 0.6) is 0 Å². The van der Waals surface area contributed by atoms with Crippen LogP contribution in [0.3, 0.4) is 0 Å². The van der Waals surface area contributed by atoms with Crippen molar-refractivity contribution in [1.29, 1.82) is 0 Å². The summed E-state index contributed by atoms with van der Waals surface area (Å²) in [5.41, 5.74) is -0.997. The van der Waals surface area contributed by atoms with Gasteiger partial charge < -0.3 is 24.9 Å². The highest BCUT2D eigenvalue weighted by Gasteiger charge is 2.49. The second-order valence-corrected chi connectivity index (χ2v) is 12.4. The van der Waals surface area contributed by atoms with Gasteiger partial charge >= 0.3 is 12.1 Å². The third-order valence-corrected chi connectivity index (χ3v) is 7.94. The minimum Gasteiger partial charge on any atom is -0.449 e. The van der Waals surface area contributed by atoms with Crippen molar-refractivity contribution in [1.82, 2.24) is 15.7 Å². The first kappa shape index (κ1) is 32.4. The van der Waals surface area contributed by atoms with Gasteiger partial charge in [0.25, 0.3) is 11.8 Å². The third kappa shape index (κ3) is 11.0. The summed E-state index contributed by atoms with van der Waals surface area (Å²) in [4.78, 5) is 64.1. The molecule has 11 heteroatoms. The van der Waals surface area contributed by atoms with Gasteiger partial charge in [-0.1, -0.05) is 0 Å². The van der Waals surface area contributed by atoms with Gasteiger partial charge in [-0.3, -0.25) is 14.4 Å². The van der Waals surface area contributed by atoms with Crippen LogP contribution in [-0.2, 0) is 33.5 Å². The largest absolute Gasteiger partial charge is 0.449 e. The molecule has 228 valence electrons. The van der Waals surface area contributed by atoms with Gasteiger partial charge in [-0.05, 0) is 77.6 Å². The lowest BCUT2D eigenvalue weighted by Crippen LogP contribution is -2.45. The molecule has 2 fully saturated rings. The van der Waals surface area contributed by atoms with Crippen molar-refractivity contribution >= 4 is 29.8 Å². The molecule has 0 aromatic rings. The molecule has 11 nitrogen and oxygen atoms in total. The van der Waals surface area contributed by atoms with Crippen molar-refractivity contribution in [2.24, 2.45) is 17.8 Å². The van der Waals surface area contributed by atoms with E-state index in [4.69, 9.17) is 14.3 Å². The second kappa shape index (κ2) is 14.7. The summed E-state index contributed by atoms with van der Waals surface area (Å²) in [6.07, 6.45) is 5.18. The van der Waals surface area contributed by atoms with E-state index in [-0.39, 0.29) is 38.0 Å². The topological polar surface area (TPSA) is 140 Å². The monoisotopic (exact) mass is 575 g/mol. The summed E-state index contributed by atoms with van der Waals surface area (Å²) in [6, 6.07) is 0. The van der Waals surface area contributed by atoms with Gasteiger partial charge in [0.1, 0.15) is 0 Å². The molecule has 1 aliphatic heterocycles. The lowest BCUT2D eigenvalue weighted by molar-refractivity contribution is -0.197. The molecule has 2 N–H and O–H groups in total. The maximum absolute atomic E-state index is 12.4. The highest BCUT2D eigenvalue weighted by molar-refractivity contribution is 6.01. The van der Waals surface area contributed by atoms with Gasteiger partial charge in [0, 0.05) is 57.2 Å². The Balaban J connectivity index is 1.22. The standard InChI is InChI=1S/C30H45N3O8/c1-29(2,32-28(38)39-20-23-21-10-7-5-6-8-11-22(21)23)17-19-40-30(3,4)16-18-31-24(34)12-9-13-27(37)41-33-25(35)14-15-26(33)36/h21-23H,7-20H2,1-4H3,(H,31,34)(H,32,38). The maximum Gasteiger partial charge on any atom is 0.407 e. The highest BCUT2D eigenvalue weighted by Crippen LogP contribution is 2.52. The number of amides is 4. The number of fused-ring (bicyclic) bond motifs is 1. The van der Waals surface area contributed by atoms with Crippen LogP contribution in [0.2, 0.25) is 0 Å². The molecule has 2 unspecified atom stereocenters. The quantitative estimate of drug-likeness (QED) is 0.224. The van der Waals surface area contributed by atoms with Crippen LogP contribution in [0.1, 0.15) is 98.3 Å². The van der Waals surface area contributed by atoms with Gasteiger partial charge in [-0.15, -0.1) is 16.9 Å². The van der Waals surface area contributed by atoms with Gasteiger partial charge in [0.2, 0.25) is 5.91 Å². The number of carbonyl (C=O) groups is 5. The Morgan fingerprint density at radius 1 is 0.951 bits per heavy atom. The Hall–Kier alpha value is -3.13. The molecule has 1 saturated carbocycles. The van der Waals surface area contributed by atoms with Gasteiger partial charge in [-0.25, -0.2) is 9.59 Å². The van der Waals surface area contributed by atoms with Crippen LogP contribution in [0, 0.1) is 29.6 Å². The molecule has 2 atom stereocenters. The van der Waals surface area contributed by atoms with E-state index in [1.807, 2.05) is 27.7 Å². The summed E-state index contributed by atoms with van der Waals surface area (Å²) in [7, 11) is 0. The Kier molecular flexibility index (Phi) is 11.6. The number of hydroxylamine groups is 2. The fourth-order valence-corrected chi connectivity index (χ4v) is 5.27. The highest BCUT2D eigenvalue weighted by atomic mass is 16.7. The summed E-state index contributed by atoms with van der Waals surface area (Å²) in [6.45, 7) is 9.03. The number of imide groups is 1. The van der Waals surface area contributed by atoms with E-state index in [0.29, 0.717) is 55.4 Å². The first-order valence-electron chi connectivity index (χ1n) is 14.7. The molecule has 1 saturated heterocycles. The zero-order valence-corrected chi connectivity index (χ0v) is 24.8. The molecular formula is C30H45N3O8. The molecule has 3 aliphatic rings. The SMILES string of the molecule is CC(C)(CCOC(C)(C)CCNC(=O)CCCC(=O)ON1C(=O)CCC1=O)NC(=O)OCC1C2CCC#CCCC21. The van der Waals surface area contributed by atoms with E-state index >= 15 is 0 Å². The van der Waals surface area contributed by atoms with E-state index in [2.05, 4.69) is 22.5 Å². The normalized spacial score (nSPS) is 22.0. The fraction of sp³-hybridized carbons (Fsp3) is 0.767. The summed E-state index contributed by atoms with van der Waals surface area (Å²) in [5, 5.41) is 6.27.